The van der Waals surface area contributed by atoms with E-state index < -0.39 is 5.97 Å². The van der Waals surface area contributed by atoms with Gasteiger partial charge in [0.05, 0.1) is 6.54 Å². The van der Waals surface area contributed by atoms with Crippen molar-refractivity contribution in [3.05, 3.63) is 0 Å². The Morgan fingerprint density at radius 1 is 1.27 bits per heavy atom. The Morgan fingerprint density at radius 3 is 2.53 bits per heavy atom. The van der Waals surface area contributed by atoms with Gasteiger partial charge >= 0.3 is 5.97 Å². The smallest absolute Gasteiger partial charge is 0.317 e. The van der Waals surface area contributed by atoms with Crippen molar-refractivity contribution in [2.24, 2.45) is 0 Å². The van der Waals surface area contributed by atoms with Crippen LogP contribution >= 0.6 is 11.8 Å². The van der Waals surface area contributed by atoms with Crippen LogP contribution in [0.1, 0.15) is 32.1 Å². The standard InChI is InChI=1S/C11H19NO2S/c13-11(14)7-12(9-3-1-2-4-9)10-5-6-15-8-10/h9-10H,1-8H2,(H,13,14). The maximum absolute atomic E-state index is 10.9. The predicted octanol–water partition coefficient (Wildman–Crippen LogP) is 1.82. The lowest BCUT2D eigenvalue weighted by Gasteiger charge is -2.32. The lowest BCUT2D eigenvalue weighted by molar-refractivity contribution is -0.139. The third-order valence-electron chi connectivity index (χ3n) is 3.49. The number of carboxylic acids is 1. The van der Waals surface area contributed by atoms with Crippen LogP contribution in [0, 0.1) is 0 Å². The van der Waals surface area contributed by atoms with Gasteiger partial charge in [-0.1, -0.05) is 12.8 Å². The monoisotopic (exact) mass is 229 g/mol. The van der Waals surface area contributed by atoms with E-state index in [0.29, 0.717) is 12.1 Å². The number of nitrogens with zero attached hydrogens (tertiary/aromatic N) is 1. The van der Waals surface area contributed by atoms with E-state index in [0.717, 1.165) is 5.75 Å². The molecule has 0 aromatic rings. The molecule has 0 amide bonds. The van der Waals surface area contributed by atoms with Crippen molar-refractivity contribution in [3.63, 3.8) is 0 Å². The van der Waals surface area contributed by atoms with Gasteiger partial charge in [0.25, 0.3) is 0 Å². The van der Waals surface area contributed by atoms with Crippen molar-refractivity contribution in [2.45, 2.75) is 44.2 Å². The van der Waals surface area contributed by atoms with Crippen LogP contribution in [-0.2, 0) is 4.79 Å². The van der Waals surface area contributed by atoms with Crippen molar-refractivity contribution in [2.75, 3.05) is 18.1 Å². The first-order valence-electron chi connectivity index (χ1n) is 5.82. The van der Waals surface area contributed by atoms with Crippen LogP contribution in [0.3, 0.4) is 0 Å². The summed E-state index contributed by atoms with van der Waals surface area (Å²) in [6.45, 7) is 0.246. The molecule has 0 aromatic carbocycles. The lowest BCUT2D eigenvalue weighted by Crippen LogP contribution is -2.45. The number of carboxylic acid groups (broad SMARTS) is 1. The molecule has 1 heterocycles. The highest BCUT2D eigenvalue weighted by molar-refractivity contribution is 7.99. The maximum Gasteiger partial charge on any atom is 0.317 e. The summed E-state index contributed by atoms with van der Waals surface area (Å²) in [6, 6.07) is 1.07. The fraction of sp³-hybridized carbons (Fsp3) is 0.909. The largest absolute Gasteiger partial charge is 0.480 e. The zero-order chi connectivity index (χ0) is 10.7. The molecule has 15 heavy (non-hydrogen) atoms. The number of hydrogen-bond donors (Lipinski definition) is 1. The molecule has 2 fully saturated rings. The fourth-order valence-electron chi connectivity index (χ4n) is 2.73. The minimum absolute atomic E-state index is 0.246. The van der Waals surface area contributed by atoms with Gasteiger partial charge in [-0.15, -0.1) is 0 Å². The van der Waals surface area contributed by atoms with Gasteiger partial charge in [-0.2, -0.15) is 11.8 Å². The van der Waals surface area contributed by atoms with E-state index in [2.05, 4.69) is 4.90 Å². The van der Waals surface area contributed by atoms with Crippen LogP contribution in [-0.4, -0.2) is 46.1 Å². The first-order valence-corrected chi connectivity index (χ1v) is 6.98. The van der Waals surface area contributed by atoms with E-state index in [-0.39, 0.29) is 6.54 Å². The summed E-state index contributed by atoms with van der Waals surface area (Å²) >= 11 is 1.96. The summed E-state index contributed by atoms with van der Waals surface area (Å²) in [5, 5.41) is 8.96. The summed E-state index contributed by atoms with van der Waals surface area (Å²) in [5.41, 5.74) is 0. The van der Waals surface area contributed by atoms with Crippen LogP contribution in [0.2, 0.25) is 0 Å². The summed E-state index contributed by atoms with van der Waals surface area (Å²) in [4.78, 5) is 13.1. The Balaban J connectivity index is 1.97. The lowest BCUT2D eigenvalue weighted by atomic mass is 10.1. The van der Waals surface area contributed by atoms with E-state index in [4.69, 9.17) is 5.11 Å². The highest BCUT2D eigenvalue weighted by atomic mass is 32.2. The van der Waals surface area contributed by atoms with Gasteiger partial charge in [0.1, 0.15) is 0 Å². The van der Waals surface area contributed by atoms with E-state index in [1.165, 1.54) is 37.9 Å². The molecule has 3 nitrogen and oxygen atoms in total. The zero-order valence-electron chi connectivity index (χ0n) is 9.02. The van der Waals surface area contributed by atoms with Gasteiger partial charge in [-0.05, 0) is 25.0 Å². The summed E-state index contributed by atoms with van der Waals surface area (Å²) in [7, 11) is 0. The highest BCUT2D eigenvalue weighted by Gasteiger charge is 2.31. The van der Waals surface area contributed by atoms with Gasteiger partial charge in [0, 0.05) is 17.8 Å². The topological polar surface area (TPSA) is 40.5 Å². The number of carbonyl (C=O) groups is 1. The third-order valence-corrected chi connectivity index (χ3v) is 4.63. The molecule has 0 bridgehead atoms. The Bertz CT molecular complexity index is 207. The number of hydrogen-bond acceptors (Lipinski definition) is 3. The third kappa shape index (κ3) is 2.88. The van der Waals surface area contributed by atoms with Crippen molar-refractivity contribution in [1.29, 1.82) is 0 Å². The van der Waals surface area contributed by atoms with E-state index >= 15 is 0 Å². The number of thioether (sulfide) groups is 1. The van der Waals surface area contributed by atoms with Crippen LogP contribution < -0.4 is 0 Å². The number of aliphatic carboxylic acids is 1. The van der Waals surface area contributed by atoms with Gasteiger partial charge in [0.15, 0.2) is 0 Å². The number of rotatable bonds is 4. The molecule has 0 radical (unpaired) electrons. The molecule has 86 valence electrons. The van der Waals surface area contributed by atoms with Crippen LogP contribution in [0.15, 0.2) is 0 Å². The second-order valence-corrected chi connectivity index (χ2v) is 5.67. The Labute approximate surface area is 95.2 Å². The quantitative estimate of drug-likeness (QED) is 0.798. The van der Waals surface area contributed by atoms with Gasteiger partial charge in [-0.3, -0.25) is 9.69 Å². The molecular formula is C11H19NO2S. The van der Waals surface area contributed by atoms with E-state index in [1.54, 1.807) is 0 Å². The zero-order valence-corrected chi connectivity index (χ0v) is 9.84. The first kappa shape index (κ1) is 11.3. The maximum atomic E-state index is 10.9. The van der Waals surface area contributed by atoms with Crippen molar-refractivity contribution >= 4 is 17.7 Å². The molecule has 1 unspecified atom stereocenters. The SMILES string of the molecule is O=C(O)CN(C1CCCC1)C1CCSC1. The molecule has 1 saturated carbocycles. The molecule has 0 spiro atoms. The Morgan fingerprint density at radius 2 is 2.00 bits per heavy atom. The van der Waals surface area contributed by atoms with Gasteiger partial charge < -0.3 is 5.11 Å². The molecule has 1 saturated heterocycles. The average molecular weight is 229 g/mol. The second kappa shape index (κ2) is 5.21. The summed E-state index contributed by atoms with van der Waals surface area (Å²) in [5.74, 6) is 1.66. The van der Waals surface area contributed by atoms with Gasteiger partial charge in [0.2, 0.25) is 0 Å². The fourth-order valence-corrected chi connectivity index (χ4v) is 3.97. The molecule has 2 aliphatic rings. The average Bonchev–Trinajstić information content (AvgIpc) is 2.87. The minimum Gasteiger partial charge on any atom is -0.480 e. The predicted molar refractivity (Wildman–Crippen MR) is 62.3 cm³/mol. The van der Waals surface area contributed by atoms with Crippen molar-refractivity contribution in [1.82, 2.24) is 4.90 Å². The molecule has 2 rings (SSSR count). The molecule has 1 aliphatic heterocycles. The first-order chi connectivity index (χ1) is 7.27. The van der Waals surface area contributed by atoms with E-state index in [9.17, 15) is 4.79 Å². The normalized spacial score (nSPS) is 27.7. The minimum atomic E-state index is -0.668. The molecule has 1 atom stereocenters. The molecular weight excluding hydrogens is 210 g/mol. The molecule has 0 aromatic heterocycles. The summed E-state index contributed by atoms with van der Waals surface area (Å²) in [6.07, 6.45) is 6.14. The van der Waals surface area contributed by atoms with Crippen molar-refractivity contribution in [3.8, 4) is 0 Å². The summed E-state index contributed by atoms with van der Waals surface area (Å²) < 4.78 is 0. The highest BCUT2D eigenvalue weighted by Crippen LogP contribution is 2.30. The van der Waals surface area contributed by atoms with Crippen molar-refractivity contribution < 1.29 is 9.90 Å². The molecule has 1 aliphatic carbocycles. The molecule has 4 heteroatoms. The molecule has 1 N–H and O–H groups in total. The van der Waals surface area contributed by atoms with Crippen LogP contribution in [0.5, 0.6) is 0 Å². The van der Waals surface area contributed by atoms with Crippen LogP contribution in [0.25, 0.3) is 0 Å². The second-order valence-electron chi connectivity index (χ2n) is 4.52. The van der Waals surface area contributed by atoms with E-state index in [1.807, 2.05) is 11.8 Å². The van der Waals surface area contributed by atoms with Crippen LogP contribution in [0.4, 0.5) is 0 Å². The Kier molecular flexibility index (Phi) is 3.92. The van der Waals surface area contributed by atoms with Gasteiger partial charge in [-0.25, -0.2) is 0 Å². The Hall–Kier alpha value is -0.220.